The summed E-state index contributed by atoms with van der Waals surface area (Å²) >= 11 is 0. The van der Waals surface area contributed by atoms with Crippen molar-refractivity contribution in [2.24, 2.45) is 52.3 Å². The molecular formula is C27H46O. The second-order valence-electron chi connectivity index (χ2n) is 12.6. The van der Waals surface area contributed by atoms with Crippen LogP contribution < -0.4 is 0 Å². The van der Waals surface area contributed by atoms with Crippen LogP contribution in [-0.4, -0.2) is 12.7 Å². The molecule has 5 fully saturated rings. The van der Waals surface area contributed by atoms with Crippen LogP contribution in [0.2, 0.25) is 0 Å². The molecule has 0 aromatic heterocycles. The molecule has 1 aliphatic heterocycles. The second kappa shape index (κ2) is 7.28. The molecule has 4 aliphatic carbocycles. The number of rotatable bonds is 5. The molecular weight excluding hydrogens is 340 g/mol. The summed E-state index contributed by atoms with van der Waals surface area (Å²) in [5.41, 5.74) is 1.25. The summed E-state index contributed by atoms with van der Waals surface area (Å²) in [6, 6.07) is 0. The minimum absolute atomic E-state index is 0.605. The fraction of sp³-hybridized carbons (Fsp3) is 1.00. The Kier molecular flexibility index (Phi) is 5.17. The van der Waals surface area contributed by atoms with Crippen LogP contribution in [0, 0.1) is 52.3 Å². The summed E-state index contributed by atoms with van der Waals surface area (Å²) < 4.78 is 6.35. The first-order chi connectivity index (χ1) is 13.4. The lowest BCUT2D eigenvalue weighted by Gasteiger charge is -2.60. The van der Waals surface area contributed by atoms with Crippen molar-refractivity contribution in [1.82, 2.24) is 0 Å². The fourth-order valence-corrected chi connectivity index (χ4v) is 9.77. The van der Waals surface area contributed by atoms with Gasteiger partial charge < -0.3 is 4.74 Å². The normalized spacial score (nSPS) is 50.9. The van der Waals surface area contributed by atoms with Crippen molar-refractivity contribution in [2.75, 3.05) is 6.61 Å². The Morgan fingerprint density at radius 2 is 1.71 bits per heavy atom. The van der Waals surface area contributed by atoms with Crippen molar-refractivity contribution >= 4 is 0 Å². The Bertz CT molecular complexity index is 569. The second-order valence-corrected chi connectivity index (χ2v) is 12.6. The van der Waals surface area contributed by atoms with E-state index >= 15 is 0 Å². The van der Waals surface area contributed by atoms with E-state index in [1.54, 1.807) is 12.8 Å². The van der Waals surface area contributed by atoms with Gasteiger partial charge in [-0.25, -0.2) is 0 Å². The zero-order valence-corrected chi connectivity index (χ0v) is 19.2. The van der Waals surface area contributed by atoms with E-state index in [1.807, 2.05) is 0 Å². The van der Waals surface area contributed by atoms with Gasteiger partial charge in [-0.15, -0.1) is 0 Å². The maximum atomic E-state index is 6.35. The Morgan fingerprint density at radius 1 is 0.893 bits per heavy atom. The highest BCUT2D eigenvalue weighted by Crippen LogP contribution is 2.69. The van der Waals surface area contributed by atoms with Gasteiger partial charge in [0.1, 0.15) is 0 Å². The van der Waals surface area contributed by atoms with E-state index in [0.29, 0.717) is 16.9 Å². The molecule has 9 atom stereocenters. The van der Waals surface area contributed by atoms with Crippen LogP contribution in [0.4, 0.5) is 0 Å². The zero-order valence-electron chi connectivity index (χ0n) is 19.2. The van der Waals surface area contributed by atoms with E-state index in [9.17, 15) is 0 Å². The fourth-order valence-electron chi connectivity index (χ4n) is 9.77. The number of ether oxygens (including phenoxy) is 1. The van der Waals surface area contributed by atoms with Gasteiger partial charge >= 0.3 is 0 Å². The topological polar surface area (TPSA) is 9.23 Å². The molecule has 0 aromatic rings. The lowest BCUT2D eigenvalue weighted by atomic mass is 9.44. The third-order valence-corrected chi connectivity index (χ3v) is 11.1. The van der Waals surface area contributed by atoms with Gasteiger partial charge in [-0.2, -0.15) is 0 Å². The first-order valence-electron chi connectivity index (χ1n) is 13.1. The lowest BCUT2D eigenvalue weighted by molar-refractivity contribution is -0.111. The van der Waals surface area contributed by atoms with Crippen molar-refractivity contribution in [3.05, 3.63) is 0 Å². The molecule has 28 heavy (non-hydrogen) atoms. The average Bonchev–Trinajstić information content (AvgIpc) is 3.18. The molecule has 0 N–H and O–H groups in total. The van der Waals surface area contributed by atoms with Crippen LogP contribution in [-0.2, 0) is 4.74 Å². The molecule has 1 heterocycles. The SMILES string of the molecule is CC(C)CCCC(C)C1CCC2C3CCC4CCC5CC4(CO5)C3CCC12C. The molecule has 9 unspecified atom stereocenters. The smallest absolute Gasteiger partial charge is 0.0581 e. The molecule has 1 nitrogen and oxygen atoms in total. The highest BCUT2D eigenvalue weighted by atomic mass is 16.5. The molecule has 0 amide bonds. The molecule has 0 radical (unpaired) electrons. The van der Waals surface area contributed by atoms with Gasteiger partial charge in [-0.3, -0.25) is 0 Å². The van der Waals surface area contributed by atoms with E-state index in [1.165, 1.54) is 64.2 Å². The van der Waals surface area contributed by atoms with Crippen LogP contribution in [0.3, 0.4) is 0 Å². The Labute approximate surface area is 174 Å². The van der Waals surface area contributed by atoms with E-state index < -0.39 is 0 Å². The highest BCUT2D eigenvalue weighted by Gasteiger charge is 2.63. The first-order valence-corrected chi connectivity index (χ1v) is 13.1. The van der Waals surface area contributed by atoms with E-state index in [-0.39, 0.29) is 0 Å². The summed E-state index contributed by atoms with van der Waals surface area (Å²) in [6.45, 7) is 11.2. The van der Waals surface area contributed by atoms with E-state index in [2.05, 4.69) is 27.7 Å². The third kappa shape index (κ3) is 2.96. The largest absolute Gasteiger partial charge is 0.378 e. The molecule has 2 bridgehead atoms. The Morgan fingerprint density at radius 3 is 2.54 bits per heavy atom. The Hall–Kier alpha value is -0.0400. The molecule has 160 valence electrons. The number of hydrogen-bond acceptors (Lipinski definition) is 1. The van der Waals surface area contributed by atoms with Crippen LogP contribution in [0.5, 0.6) is 0 Å². The Balaban J connectivity index is 1.31. The summed E-state index contributed by atoms with van der Waals surface area (Å²) in [5.74, 6) is 6.88. The van der Waals surface area contributed by atoms with Crippen LogP contribution in [0.1, 0.15) is 105 Å². The van der Waals surface area contributed by atoms with Gasteiger partial charge in [0.05, 0.1) is 12.7 Å². The van der Waals surface area contributed by atoms with Gasteiger partial charge in [-0.1, -0.05) is 47.0 Å². The highest BCUT2D eigenvalue weighted by molar-refractivity contribution is 5.12. The van der Waals surface area contributed by atoms with Gasteiger partial charge in [0.15, 0.2) is 0 Å². The maximum absolute atomic E-state index is 6.35. The van der Waals surface area contributed by atoms with E-state index in [4.69, 9.17) is 4.74 Å². The van der Waals surface area contributed by atoms with Crippen molar-refractivity contribution in [3.63, 3.8) is 0 Å². The molecule has 1 heteroatoms. The summed E-state index contributed by atoms with van der Waals surface area (Å²) in [5, 5.41) is 0. The third-order valence-electron chi connectivity index (χ3n) is 11.1. The molecule has 1 saturated heterocycles. The van der Waals surface area contributed by atoms with Crippen molar-refractivity contribution in [1.29, 1.82) is 0 Å². The average molecular weight is 387 g/mol. The van der Waals surface area contributed by atoms with Crippen molar-refractivity contribution in [3.8, 4) is 0 Å². The molecule has 4 saturated carbocycles. The maximum Gasteiger partial charge on any atom is 0.0581 e. The standard InChI is InChI=1S/C27H46O/c1-18(2)6-5-7-19(3)23-12-13-24-22-11-9-20-8-10-21-16-27(20,17-28-21)25(22)14-15-26(23,24)4/h18-25H,5-17H2,1-4H3. The van der Waals surface area contributed by atoms with Crippen LogP contribution in [0.15, 0.2) is 0 Å². The predicted octanol–water partition coefficient (Wildman–Crippen LogP) is 7.49. The molecule has 1 spiro atoms. The van der Waals surface area contributed by atoms with Crippen LogP contribution in [0.25, 0.3) is 0 Å². The number of fused-ring (bicyclic) bond motifs is 4. The summed E-state index contributed by atoms with van der Waals surface area (Å²) in [4.78, 5) is 0. The molecule has 5 rings (SSSR count). The van der Waals surface area contributed by atoms with Crippen molar-refractivity contribution in [2.45, 2.75) is 111 Å². The van der Waals surface area contributed by atoms with Gasteiger partial charge in [0.2, 0.25) is 0 Å². The molecule has 0 aromatic carbocycles. The minimum Gasteiger partial charge on any atom is -0.378 e. The predicted molar refractivity (Wildman–Crippen MR) is 117 cm³/mol. The molecule has 5 aliphatic rings. The number of hydrogen-bond donors (Lipinski definition) is 0. The van der Waals surface area contributed by atoms with Crippen LogP contribution >= 0.6 is 0 Å². The van der Waals surface area contributed by atoms with Gasteiger partial charge in [-0.05, 0) is 105 Å². The van der Waals surface area contributed by atoms with Crippen molar-refractivity contribution < 1.29 is 4.74 Å². The van der Waals surface area contributed by atoms with E-state index in [0.717, 1.165) is 48.0 Å². The quantitative estimate of drug-likeness (QED) is 0.475. The first kappa shape index (κ1) is 19.9. The summed E-state index contributed by atoms with van der Waals surface area (Å²) in [6.07, 6.45) is 18.4. The monoisotopic (exact) mass is 386 g/mol. The van der Waals surface area contributed by atoms with Gasteiger partial charge in [0.25, 0.3) is 0 Å². The lowest BCUT2D eigenvalue weighted by Crippen LogP contribution is -2.54. The summed E-state index contributed by atoms with van der Waals surface area (Å²) in [7, 11) is 0. The van der Waals surface area contributed by atoms with Gasteiger partial charge in [0, 0.05) is 5.41 Å². The minimum atomic E-state index is 0.605. The zero-order chi connectivity index (χ0) is 19.5.